The zero-order valence-corrected chi connectivity index (χ0v) is 25.2. The van der Waals surface area contributed by atoms with Gasteiger partial charge in [-0.05, 0) is 55.2 Å². The quantitative estimate of drug-likeness (QED) is 0.330. The molecule has 2 aromatic carbocycles. The van der Waals surface area contributed by atoms with Gasteiger partial charge in [-0.1, -0.05) is 54.7 Å². The summed E-state index contributed by atoms with van der Waals surface area (Å²) in [4.78, 5) is 27.7. The molecule has 0 bridgehead atoms. The average molecular weight is 607 g/mol. The molecule has 0 saturated heterocycles. The van der Waals surface area contributed by atoms with Crippen LogP contribution >= 0.6 is 34.8 Å². The molecule has 0 heterocycles. The number of halogens is 3. The van der Waals surface area contributed by atoms with E-state index in [2.05, 4.69) is 5.32 Å². The Morgan fingerprint density at radius 2 is 1.71 bits per heavy atom. The maximum atomic E-state index is 13.4. The van der Waals surface area contributed by atoms with E-state index < -0.39 is 16.1 Å². The molecule has 0 aromatic heterocycles. The Labute approximate surface area is 240 Å². The lowest BCUT2D eigenvalue weighted by Crippen LogP contribution is -2.48. The predicted molar refractivity (Wildman–Crippen MR) is 154 cm³/mol. The minimum atomic E-state index is -3.66. The van der Waals surface area contributed by atoms with Crippen molar-refractivity contribution in [3.63, 3.8) is 0 Å². The number of ether oxygens (including phenoxy) is 1. The monoisotopic (exact) mass is 605 g/mol. The molecule has 0 aliphatic rings. The standard InChI is InChI=1S/C26H34Cl3N3O5S/c1-17(2)15-30-26(34)18(3)31(16-19-8-9-20(27)13-22(19)28)25(33)7-6-12-32(38(5,35)36)21-10-11-24(37-4)23(29)14-21/h8-11,13-14,17-18H,6-7,12,15-16H2,1-5H3,(H,30,34)/t18-/m0/s1. The van der Waals surface area contributed by atoms with Gasteiger partial charge < -0.3 is 15.0 Å². The van der Waals surface area contributed by atoms with Gasteiger partial charge in [-0.3, -0.25) is 13.9 Å². The maximum Gasteiger partial charge on any atom is 0.242 e. The molecule has 1 N–H and O–H groups in total. The second-order valence-electron chi connectivity index (χ2n) is 9.33. The summed E-state index contributed by atoms with van der Waals surface area (Å²) < 4.78 is 31.4. The largest absolute Gasteiger partial charge is 0.495 e. The fourth-order valence-electron chi connectivity index (χ4n) is 3.68. The van der Waals surface area contributed by atoms with E-state index in [1.54, 1.807) is 37.3 Å². The molecule has 2 aromatic rings. The van der Waals surface area contributed by atoms with E-state index >= 15 is 0 Å². The Bertz CT molecular complexity index is 1240. The summed E-state index contributed by atoms with van der Waals surface area (Å²) >= 11 is 18.6. The van der Waals surface area contributed by atoms with Gasteiger partial charge in [0, 0.05) is 36.1 Å². The first-order valence-corrected chi connectivity index (χ1v) is 15.0. The van der Waals surface area contributed by atoms with Crippen LogP contribution in [-0.2, 0) is 26.2 Å². The third-order valence-electron chi connectivity index (χ3n) is 5.78. The summed E-state index contributed by atoms with van der Waals surface area (Å²) in [5.41, 5.74) is 0.996. The predicted octanol–water partition coefficient (Wildman–Crippen LogP) is 5.39. The van der Waals surface area contributed by atoms with Crippen molar-refractivity contribution in [3.05, 3.63) is 57.0 Å². The number of benzene rings is 2. The van der Waals surface area contributed by atoms with Crippen LogP contribution < -0.4 is 14.4 Å². The van der Waals surface area contributed by atoms with Gasteiger partial charge in [-0.15, -0.1) is 0 Å². The number of hydrogen-bond donors (Lipinski definition) is 1. The molecular weight excluding hydrogens is 573 g/mol. The molecule has 2 amide bonds. The van der Waals surface area contributed by atoms with E-state index in [4.69, 9.17) is 39.5 Å². The SMILES string of the molecule is COc1ccc(N(CCCC(=O)N(Cc2ccc(Cl)cc2Cl)[C@@H](C)C(=O)NCC(C)C)S(C)(=O)=O)cc1Cl. The number of sulfonamides is 1. The van der Waals surface area contributed by atoms with Gasteiger partial charge in [0.2, 0.25) is 21.8 Å². The van der Waals surface area contributed by atoms with E-state index in [1.165, 1.54) is 22.4 Å². The van der Waals surface area contributed by atoms with Gasteiger partial charge in [0.1, 0.15) is 11.8 Å². The highest BCUT2D eigenvalue weighted by molar-refractivity contribution is 7.92. The van der Waals surface area contributed by atoms with Crippen molar-refractivity contribution >= 4 is 62.3 Å². The van der Waals surface area contributed by atoms with Crippen molar-refractivity contribution in [2.45, 2.75) is 46.2 Å². The molecule has 1 atom stereocenters. The molecule has 0 fully saturated rings. The Morgan fingerprint density at radius 3 is 2.26 bits per heavy atom. The van der Waals surface area contributed by atoms with Crippen LogP contribution in [0.4, 0.5) is 5.69 Å². The smallest absolute Gasteiger partial charge is 0.242 e. The molecule has 0 unspecified atom stereocenters. The molecule has 210 valence electrons. The highest BCUT2D eigenvalue weighted by atomic mass is 35.5. The average Bonchev–Trinajstić information content (AvgIpc) is 2.83. The summed E-state index contributed by atoms with van der Waals surface area (Å²) in [7, 11) is -2.19. The summed E-state index contributed by atoms with van der Waals surface area (Å²) in [6.07, 6.45) is 1.30. The lowest BCUT2D eigenvalue weighted by Gasteiger charge is -2.30. The Balaban J connectivity index is 2.22. The summed E-state index contributed by atoms with van der Waals surface area (Å²) in [6, 6.07) is 8.84. The molecular formula is C26H34Cl3N3O5S. The fraction of sp³-hybridized carbons (Fsp3) is 0.462. The van der Waals surface area contributed by atoms with Crippen LogP contribution in [0.3, 0.4) is 0 Å². The van der Waals surface area contributed by atoms with Crippen LogP contribution in [0.1, 0.15) is 39.2 Å². The van der Waals surface area contributed by atoms with E-state index in [9.17, 15) is 18.0 Å². The van der Waals surface area contributed by atoms with Gasteiger partial charge in [-0.2, -0.15) is 0 Å². The molecule has 38 heavy (non-hydrogen) atoms. The fourth-order valence-corrected chi connectivity index (χ4v) is 5.36. The van der Waals surface area contributed by atoms with Crippen molar-refractivity contribution in [1.82, 2.24) is 10.2 Å². The van der Waals surface area contributed by atoms with Gasteiger partial charge in [0.25, 0.3) is 0 Å². The molecule has 2 rings (SSSR count). The van der Waals surface area contributed by atoms with Crippen molar-refractivity contribution in [1.29, 1.82) is 0 Å². The lowest BCUT2D eigenvalue weighted by atomic mass is 10.1. The Morgan fingerprint density at radius 1 is 1.03 bits per heavy atom. The molecule has 0 radical (unpaired) electrons. The summed E-state index contributed by atoms with van der Waals surface area (Å²) in [6.45, 7) is 6.21. The van der Waals surface area contributed by atoms with Crippen molar-refractivity contribution < 1.29 is 22.7 Å². The van der Waals surface area contributed by atoms with E-state index in [0.29, 0.717) is 33.6 Å². The van der Waals surface area contributed by atoms with Crippen LogP contribution in [-0.4, -0.2) is 57.6 Å². The minimum Gasteiger partial charge on any atom is -0.495 e. The van der Waals surface area contributed by atoms with Crippen molar-refractivity contribution in [2.75, 3.05) is 30.8 Å². The third-order valence-corrected chi connectivity index (χ3v) is 7.86. The zero-order valence-electron chi connectivity index (χ0n) is 22.1. The molecule has 0 aliphatic carbocycles. The second-order valence-corrected chi connectivity index (χ2v) is 12.5. The first-order valence-electron chi connectivity index (χ1n) is 12.1. The van der Waals surface area contributed by atoms with Crippen LogP contribution in [0.25, 0.3) is 0 Å². The van der Waals surface area contributed by atoms with Gasteiger partial charge >= 0.3 is 0 Å². The van der Waals surface area contributed by atoms with Crippen molar-refractivity contribution in [2.24, 2.45) is 5.92 Å². The van der Waals surface area contributed by atoms with Crippen LogP contribution in [0, 0.1) is 5.92 Å². The second kappa shape index (κ2) is 14.3. The van der Waals surface area contributed by atoms with Gasteiger partial charge in [-0.25, -0.2) is 8.42 Å². The Hall–Kier alpha value is -2.20. The van der Waals surface area contributed by atoms with Crippen LogP contribution in [0.15, 0.2) is 36.4 Å². The maximum absolute atomic E-state index is 13.4. The van der Waals surface area contributed by atoms with Gasteiger partial charge in [0.05, 0.1) is 24.1 Å². The summed E-state index contributed by atoms with van der Waals surface area (Å²) in [5, 5.41) is 3.96. The number of hydrogen-bond acceptors (Lipinski definition) is 5. The zero-order chi connectivity index (χ0) is 28.6. The first-order chi connectivity index (χ1) is 17.7. The van der Waals surface area contributed by atoms with E-state index in [0.717, 1.165) is 6.26 Å². The number of nitrogens with one attached hydrogen (secondary N) is 1. The molecule has 8 nitrogen and oxygen atoms in total. The number of amides is 2. The van der Waals surface area contributed by atoms with Crippen LogP contribution in [0.5, 0.6) is 5.75 Å². The number of anilines is 1. The highest BCUT2D eigenvalue weighted by Gasteiger charge is 2.27. The topological polar surface area (TPSA) is 96.0 Å². The number of nitrogens with zero attached hydrogens (tertiary/aromatic N) is 2. The summed E-state index contributed by atoms with van der Waals surface area (Å²) in [5.74, 6) is 0.0573. The minimum absolute atomic E-state index is 0.00289. The van der Waals surface area contributed by atoms with E-state index in [-0.39, 0.29) is 48.7 Å². The number of methoxy groups -OCH3 is 1. The van der Waals surface area contributed by atoms with Crippen LogP contribution in [0.2, 0.25) is 15.1 Å². The van der Waals surface area contributed by atoms with E-state index in [1.807, 2.05) is 13.8 Å². The highest BCUT2D eigenvalue weighted by Crippen LogP contribution is 2.30. The number of rotatable bonds is 13. The normalized spacial score (nSPS) is 12.2. The molecule has 0 aliphatic heterocycles. The number of carbonyl (C=O) groups is 2. The lowest BCUT2D eigenvalue weighted by molar-refractivity contribution is -0.140. The van der Waals surface area contributed by atoms with Gasteiger partial charge in [0.15, 0.2) is 0 Å². The molecule has 0 saturated carbocycles. The molecule has 12 heteroatoms. The Kier molecular flexibility index (Phi) is 12.0. The molecule has 0 spiro atoms. The first kappa shape index (κ1) is 32.0. The third kappa shape index (κ3) is 9.22. The van der Waals surface area contributed by atoms with Crippen molar-refractivity contribution in [3.8, 4) is 5.75 Å². The number of carbonyl (C=O) groups excluding carboxylic acids is 2.